The predicted molar refractivity (Wildman–Crippen MR) is 127 cm³/mol. The molecule has 1 N–H and O–H groups in total. The molecule has 0 radical (unpaired) electrons. The van der Waals surface area contributed by atoms with E-state index in [9.17, 15) is 0 Å². The maximum Gasteiger partial charge on any atom is 0.147 e. The lowest BCUT2D eigenvalue weighted by Gasteiger charge is -2.31. The van der Waals surface area contributed by atoms with Gasteiger partial charge in [-0.2, -0.15) is 0 Å². The van der Waals surface area contributed by atoms with E-state index < -0.39 is 0 Å². The molecule has 32 heavy (non-hydrogen) atoms. The number of hydrogen-bond donors (Lipinski definition) is 1. The van der Waals surface area contributed by atoms with Crippen molar-refractivity contribution in [3.63, 3.8) is 0 Å². The van der Waals surface area contributed by atoms with Gasteiger partial charge in [-0.05, 0) is 91.3 Å². The molecule has 0 aliphatic heterocycles. The zero-order valence-electron chi connectivity index (χ0n) is 19.0. The summed E-state index contributed by atoms with van der Waals surface area (Å²) in [4.78, 5) is 1.28. The molecular formula is C29H34NO2+. The van der Waals surface area contributed by atoms with Gasteiger partial charge < -0.3 is 9.47 Å². The van der Waals surface area contributed by atoms with Gasteiger partial charge in [-0.3, -0.25) is 0 Å². The molecule has 0 amide bonds. The summed E-state index contributed by atoms with van der Waals surface area (Å²) in [6, 6.07) is 21.3. The van der Waals surface area contributed by atoms with Crippen molar-refractivity contribution in [2.24, 2.45) is 23.2 Å². The Bertz CT molecular complexity index is 961. The zero-order chi connectivity index (χ0) is 21.5. The Kier molecular flexibility index (Phi) is 5.29. The van der Waals surface area contributed by atoms with Gasteiger partial charge in [0.05, 0.1) is 12.2 Å². The molecule has 166 valence electrons. The van der Waals surface area contributed by atoms with Gasteiger partial charge in [-0.1, -0.05) is 43.3 Å². The molecule has 6 rings (SSSR count). The normalized spacial score (nSPS) is 34.9. The number of nitrogens with one attached hydrogen (secondary N) is 1. The van der Waals surface area contributed by atoms with Crippen LogP contribution in [0.3, 0.4) is 0 Å². The summed E-state index contributed by atoms with van der Waals surface area (Å²) in [6.45, 7) is 2.85. The van der Waals surface area contributed by atoms with Crippen LogP contribution in [0.25, 0.3) is 0 Å². The lowest BCUT2D eigenvalue weighted by Crippen LogP contribution is -3.00. The van der Waals surface area contributed by atoms with Gasteiger partial charge in [0, 0.05) is 6.42 Å². The number of ether oxygens (including phenoxy) is 2. The highest BCUT2D eigenvalue weighted by Crippen LogP contribution is 2.72. The summed E-state index contributed by atoms with van der Waals surface area (Å²) in [5.41, 5.74) is 4.41. The molecular weight excluding hydrogens is 394 g/mol. The first-order valence-electron chi connectivity index (χ1n) is 12.3. The number of quaternary nitrogens is 1. The van der Waals surface area contributed by atoms with Crippen molar-refractivity contribution in [2.75, 3.05) is 6.79 Å². The number of hydrogen-bond acceptors (Lipinski definition) is 2. The van der Waals surface area contributed by atoms with E-state index in [4.69, 9.17) is 9.47 Å². The Labute approximate surface area is 191 Å². The fourth-order valence-corrected chi connectivity index (χ4v) is 6.95. The Hall–Kier alpha value is -2.20. The van der Waals surface area contributed by atoms with E-state index in [2.05, 4.69) is 85.8 Å². The van der Waals surface area contributed by atoms with Crippen LogP contribution in [0.5, 0.6) is 0 Å². The van der Waals surface area contributed by atoms with E-state index in [0.29, 0.717) is 18.3 Å². The molecule has 3 saturated carbocycles. The lowest BCUT2D eigenvalue weighted by molar-refractivity contribution is -0.710. The van der Waals surface area contributed by atoms with Crippen LogP contribution in [0.15, 0.2) is 84.6 Å². The van der Waals surface area contributed by atoms with Gasteiger partial charge in [-0.25, -0.2) is 4.90 Å². The lowest BCUT2D eigenvalue weighted by atomic mass is 9.77. The van der Waals surface area contributed by atoms with Crippen LogP contribution >= 0.6 is 0 Å². The molecule has 1 spiro atoms. The minimum absolute atomic E-state index is 0.0967. The zero-order valence-corrected chi connectivity index (χ0v) is 19.0. The van der Waals surface area contributed by atoms with Crippen molar-refractivity contribution in [2.45, 2.75) is 51.2 Å². The summed E-state index contributed by atoms with van der Waals surface area (Å²) in [7, 11) is 0. The van der Waals surface area contributed by atoms with Crippen LogP contribution < -0.4 is 4.90 Å². The molecule has 3 nitrogen and oxygen atoms in total. The maximum atomic E-state index is 6.35. The molecule has 2 aromatic rings. The molecule has 0 heterocycles. The third-order valence-electron chi connectivity index (χ3n) is 8.26. The second-order valence-corrected chi connectivity index (χ2v) is 10.5. The van der Waals surface area contributed by atoms with Gasteiger partial charge in [0.1, 0.15) is 23.9 Å². The monoisotopic (exact) mass is 428 g/mol. The Morgan fingerprint density at radius 2 is 1.62 bits per heavy atom. The first-order valence-corrected chi connectivity index (χ1v) is 12.3. The predicted octanol–water partition coefficient (Wildman–Crippen LogP) is 5.56. The van der Waals surface area contributed by atoms with Crippen molar-refractivity contribution >= 4 is 11.4 Å². The summed E-state index contributed by atoms with van der Waals surface area (Å²) in [6.07, 6.45) is 13.7. The van der Waals surface area contributed by atoms with Gasteiger partial charge in [0.15, 0.2) is 0 Å². The van der Waals surface area contributed by atoms with Crippen LogP contribution in [0.4, 0.5) is 11.4 Å². The van der Waals surface area contributed by atoms with Crippen LogP contribution in [0.2, 0.25) is 0 Å². The molecule has 3 fully saturated rings. The highest BCUT2D eigenvalue weighted by atomic mass is 16.7. The molecule has 6 atom stereocenters. The van der Waals surface area contributed by atoms with Crippen molar-refractivity contribution in [1.82, 2.24) is 0 Å². The standard InChI is InChI=1S/C29H33NO2/c1-21-16-22-18-29(17-21)19-27(29)28(22)32-20-31-26-14-12-25(13-15-26)30(23-8-4-2-5-9-23)24-10-6-3-7-11-24/h2-14,21-22,26-28H,15-20H2,1H3/p+1. The Morgan fingerprint density at radius 1 is 0.906 bits per heavy atom. The van der Waals surface area contributed by atoms with Crippen LogP contribution in [-0.4, -0.2) is 19.0 Å². The summed E-state index contributed by atoms with van der Waals surface area (Å²) in [5.74, 6) is 2.45. The molecule has 4 aliphatic carbocycles. The highest BCUT2D eigenvalue weighted by molar-refractivity contribution is 5.41. The maximum absolute atomic E-state index is 6.35. The van der Waals surface area contributed by atoms with E-state index in [-0.39, 0.29) is 6.10 Å². The SMILES string of the molecule is CC1CC2CC3(C1)CC3C2OCOC1C=CC([NH+](c2ccccc2)c2ccccc2)=CC1. The molecule has 0 aromatic heterocycles. The number of benzene rings is 2. The topological polar surface area (TPSA) is 22.9 Å². The van der Waals surface area contributed by atoms with Crippen molar-refractivity contribution in [1.29, 1.82) is 0 Å². The van der Waals surface area contributed by atoms with Gasteiger partial charge in [0.2, 0.25) is 0 Å². The second-order valence-electron chi connectivity index (χ2n) is 10.5. The third-order valence-corrected chi connectivity index (χ3v) is 8.26. The van der Waals surface area contributed by atoms with Crippen LogP contribution in [0, 0.1) is 23.2 Å². The molecule has 2 bridgehead atoms. The molecule has 6 unspecified atom stereocenters. The fraction of sp³-hybridized carbons (Fsp3) is 0.448. The van der Waals surface area contributed by atoms with E-state index >= 15 is 0 Å². The van der Waals surface area contributed by atoms with Crippen molar-refractivity contribution < 1.29 is 14.4 Å². The van der Waals surface area contributed by atoms with Crippen molar-refractivity contribution in [3.8, 4) is 0 Å². The number of para-hydroxylation sites is 2. The van der Waals surface area contributed by atoms with Gasteiger partial charge >= 0.3 is 0 Å². The van der Waals surface area contributed by atoms with E-state index in [1.807, 2.05) is 0 Å². The molecule has 0 saturated heterocycles. The number of rotatable bonds is 7. The average Bonchev–Trinajstić information content (AvgIpc) is 3.44. The molecule has 2 aromatic carbocycles. The van der Waals surface area contributed by atoms with Crippen LogP contribution in [0.1, 0.15) is 39.0 Å². The molecule has 3 heteroatoms. The summed E-state index contributed by atoms with van der Waals surface area (Å²) in [5, 5.41) is 0. The number of fused-ring (bicyclic) bond motifs is 1. The first kappa shape index (κ1) is 20.4. The Balaban J connectivity index is 1.08. The molecule has 4 aliphatic rings. The van der Waals surface area contributed by atoms with Gasteiger partial charge in [0.25, 0.3) is 0 Å². The average molecular weight is 429 g/mol. The van der Waals surface area contributed by atoms with E-state index in [0.717, 1.165) is 24.2 Å². The number of allylic oxidation sites excluding steroid dienone is 1. The third kappa shape index (κ3) is 3.77. The second kappa shape index (κ2) is 8.30. The van der Waals surface area contributed by atoms with Gasteiger partial charge in [-0.15, -0.1) is 0 Å². The first-order chi connectivity index (χ1) is 15.7. The largest absolute Gasteiger partial charge is 0.352 e. The smallest absolute Gasteiger partial charge is 0.147 e. The van der Waals surface area contributed by atoms with Crippen molar-refractivity contribution in [3.05, 3.63) is 84.6 Å². The Morgan fingerprint density at radius 3 is 2.28 bits per heavy atom. The minimum Gasteiger partial charge on any atom is -0.352 e. The summed E-state index contributed by atoms with van der Waals surface area (Å²) >= 11 is 0. The van der Waals surface area contributed by atoms with E-state index in [1.165, 1.54) is 47.7 Å². The highest BCUT2D eigenvalue weighted by Gasteiger charge is 2.67. The summed E-state index contributed by atoms with van der Waals surface area (Å²) < 4.78 is 12.5. The van der Waals surface area contributed by atoms with Crippen LogP contribution in [-0.2, 0) is 9.47 Å². The minimum atomic E-state index is 0.0967. The fourth-order valence-electron chi connectivity index (χ4n) is 6.95. The van der Waals surface area contributed by atoms with E-state index in [1.54, 1.807) is 0 Å². The quantitative estimate of drug-likeness (QED) is 0.583.